The molecule has 0 spiro atoms. The predicted molar refractivity (Wildman–Crippen MR) is 153 cm³/mol. The van der Waals surface area contributed by atoms with Crippen LogP contribution in [0.25, 0.3) is 6.08 Å². The monoisotopic (exact) mass is 588 g/mol. The van der Waals surface area contributed by atoms with E-state index in [4.69, 9.17) is 20.6 Å². The molecule has 13 heteroatoms. The Hall–Kier alpha value is -3.68. The smallest absolute Gasteiger partial charge is 0.205 e. The van der Waals surface area contributed by atoms with Crippen LogP contribution in [0.1, 0.15) is 42.5 Å². The van der Waals surface area contributed by atoms with Crippen molar-refractivity contribution < 1.29 is 26.7 Å². The highest BCUT2D eigenvalue weighted by molar-refractivity contribution is 7.90. The molecule has 2 heterocycles. The normalized spacial score (nSPS) is 21.2. The van der Waals surface area contributed by atoms with Gasteiger partial charge in [-0.25, -0.2) is 22.2 Å². The van der Waals surface area contributed by atoms with E-state index in [9.17, 15) is 17.2 Å². The van der Waals surface area contributed by atoms with Crippen molar-refractivity contribution in [3.8, 4) is 5.75 Å². The van der Waals surface area contributed by atoms with E-state index in [1.165, 1.54) is 31.7 Å². The van der Waals surface area contributed by atoms with Crippen molar-refractivity contribution in [3.63, 3.8) is 0 Å². The summed E-state index contributed by atoms with van der Waals surface area (Å²) in [6.07, 6.45) is 10.1. The number of rotatable bonds is 11. The van der Waals surface area contributed by atoms with Gasteiger partial charge in [0.05, 0.1) is 60.6 Å². The fourth-order valence-corrected chi connectivity index (χ4v) is 5.50. The molecule has 0 bridgehead atoms. The Bertz CT molecular complexity index is 1490. The molecule has 0 radical (unpaired) electrons. The fourth-order valence-electron chi connectivity index (χ4n) is 5.10. The number of halogens is 2. The maximum absolute atomic E-state index is 14.3. The van der Waals surface area contributed by atoms with Gasteiger partial charge < -0.3 is 30.9 Å². The van der Waals surface area contributed by atoms with Crippen molar-refractivity contribution in [2.75, 3.05) is 31.0 Å². The highest BCUT2D eigenvalue weighted by Crippen LogP contribution is 2.40. The van der Waals surface area contributed by atoms with E-state index < -0.39 is 27.0 Å². The number of H-pyrrole nitrogens is 1. The van der Waals surface area contributed by atoms with Crippen LogP contribution in [0.15, 0.2) is 42.9 Å². The maximum atomic E-state index is 14.3. The van der Waals surface area contributed by atoms with E-state index in [1.54, 1.807) is 12.4 Å². The van der Waals surface area contributed by atoms with Gasteiger partial charge in [0.25, 0.3) is 0 Å². The number of nitrogens with two attached hydrogens (primary N) is 1. The molecule has 220 valence electrons. The zero-order chi connectivity index (χ0) is 29.7. The molecule has 4 rings (SSSR count). The highest BCUT2D eigenvalue weighted by atomic mass is 32.2. The first-order chi connectivity index (χ1) is 19.4. The predicted octanol–water partition coefficient (Wildman–Crippen LogP) is 4.19. The number of nitrogens with one attached hydrogen (secondary N) is 3. The summed E-state index contributed by atoms with van der Waals surface area (Å²) >= 11 is 0. The molecule has 41 heavy (non-hydrogen) atoms. The zero-order valence-electron chi connectivity index (χ0n) is 23.0. The number of sulfone groups is 1. The summed E-state index contributed by atoms with van der Waals surface area (Å²) in [6, 6.07) is 3.72. The van der Waals surface area contributed by atoms with Crippen LogP contribution in [-0.4, -0.2) is 67.0 Å². The van der Waals surface area contributed by atoms with Gasteiger partial charge in [-0.1, -0.05) is 6.92 Å². The molecule has 1 aromatic carbocycles. The second kappa shape index (κ2) is 12.9. The summed E-state index contributed by atoms with van der Waals surface area (Å²) < 4.78 is 62.3. The van der Waals surface area contributed by atoms with Crippen LogP contribution in [0, 0.1) is 23.0 Å². The first-order valence-electron chi connectivity index (χ1n) is 13.1. The van der Waals surface area contributed by atoms with Gasteiger partial charge in [0, 0.05) is 30.6 Å². The minimum Gasteiger partial charge on any atom is -0.497 e. The van der Waals surface area contributed by atoms with Gasteiger partial charge in [0.1, 0.15) is 27.2 Å². The number of benzene rings is 1. The summed E-state index contributed by atoms with van der Waals surface area (Å²) in [6.45, 7) is 2.17. The molecule has 1 aliphatic carbocycles. The Balaban J connectivity index is 1.42. The van der Waals surface area contributed by atoms with Crippen molar-refractivity contribution in [2.24, 2.45) is 11.7 Å². The quantitative estimate of drug-likeness (QED) is 0.243. The number of methoxy groups -OCH3 is 1. The summed E-state index contributed by atoms with van der Waals surface area (Å²) in [7, 11) is -1.81. The molecule has 4 atom stereocenters. The van der Waals surface area contributed by atoms with Gasteiger partial charge in [-0.05, 0) is 48.5 Å². The molecule has 5 N–H and O–H groups in total. The van der Waals surface area contributed by atoms with Gasteiger partial charge in [0.2, 0.25) is 5.95 Å². The van der Waals surface area contributed by atoms with E-state index in [1.807, 2.05) is 6.07 Å². The minimum atomic E-state index is -3.11. The first-order valence-corrected chi connectivity index (χ1v) is 15.1. The molecule has 0 unspecified atom stereocenters. The van der Waals surface area contributed by atoms with Crippen molar-refractivity contribution in [2.45, 2.75) is 37.8 Å². The van der Waals surface area contributed by atoms with E-state index >= 15 is 0 Å². The maximum Gasteiger partial charge on any atom is 0.205 e. The Labute approximate surface area is 237 Å². The molecule has 1 aliphatic rings. The number of pyridine rings is 1. The number of imidazole rings is 1. The van der Waals surface area contributed by atoms with Crippen molar-refractivity contribution in [1.82, 2.24) is 15.0 Å². The lowest BCUT2D eigenvalue weighted by molar-refractivity contribution is -0.0152. The van der Waals surface area contributed by atoms with E-state index in [0.717, 1.165) is 29.8 Å². The SMILES string of the molecule is COc1cc(F)c(C(=N)/C=C\c2cnc(Nc3cnccc3[C@H]3C[C@@H](N)[C@@H](OCCS(C)(=O)=O)[C@@H](C)C3)[nH]2)c(F)c1. The summed E-state index contributed by atoms with van der Waals surface area (Å²) in [5, 5.41) is 11.4. The van der Waals surface area contributed by atoms with E-state index in [-0.39, 0.29) is 47.8 Å². The van der Waals surface area contributed by atoms with Crippen LogP contribution < -0.4 is 15.8 Å². The average Bonchev–Trinajstić information content (AvgIpc) is 3.35. The number of hydrogen-bond acceptors (Lipinski definition) is 9. The number of ether oxygens (including phenoxy) is 2. The van der Waals surface area contributed by atoms with Gasteiger partial charge in [-0.15, -0.1) is 0 Å². The Morgan fingerprint density at radius 1 is 1.27 bits per heavy atom. The molecule has 0 amide bonds. The third kappa shape index (κ3) is 7.75. The first kappa shape index (κ1) is 30.3. The average molecular weight is 589 g/mol. The number of hydrogen-bond donors (Lipinski definition) is 4. The molecular formula is C28H34F2N6O4S. The van der Waals surface area contributed by atoms with Crippen LogP contribution in [0.5, 0.6) is 5.75 Å². The minimum absolute atomic E-state index is 0.0296. The number of nitrogens with zero attached hydrogens (tertiary/aromatic N) is 2. The number of aromatic amines is 1. The lowest BCUT2D eigenvalue weighted by Crippen LogP contribution is -2.47. The second-order valence-electron chi connectivity index (χ2n) is 10.3. The molecule has 2 aromatic heterocycles. The second-order valence-corrected chi connectivity index (χ2v) is 12.5. The molecular weight excluding hydrogens is 554 g/mol. The Morgan fingerprint density at radius 2 is 2.00 bits per heavy atom. The summed E-state index contributed by atoms with van der Waals surface area (Å²) in [4.78, 5) is 11.6. The van der Waals surface area contributed by atoms with Gasteiger partial charge in [-0.2, -0.15) is 0 Å². The van der Waals surface area contributed by atoms with E-state index in [0.29, 0.717) is 18.1 Å². The number of allylic oxidation sites excluding steroid dienone is 1. The van der Waals surface area contributed by atoms with Gasteiger partial charge in [-0.3, -0.25) is 4.98 Å². The number of aromatic nitrogens is 3. The van der Waals surface area contributed by atoms with Crippen molar-refractivity contribution in [3.05, 3.63) is 71.3 Å². The summed E-state index contributed by atoms with van der Waals surface area (Å²) in [5.41, 5.74) is 7.95. The number of anilines is 2. The lowest BCUT2D eigenvalue weighted by Gasteiger charge is -2.39. The third-order valence-electron chi connectivity index (χ3n) is 7.05. The molecule has 0 aliphatic heterocycles. The lowest BCUT2D eigenvalue weighted by atomic mass is 9.74. The molecule has 10 nitrogen and oxygen atoms in total. The van der Waals surface area contributed by atoms with Crippen LogP contribution in [-0.2, 0) is 14.6 Å². The van der Waals surface area contributed by atoms with Crippen LogP contribution in [0.2, 0.25) is 0 Å². The Kier molecular flexibility index (Phi) is 9.51. The zero-order valence-corrected chi connectivity index (χ0v) is 23.8. The fraction of sp³-hybridized carbons (Fsp3) is 0.393. The van der Waals surface area contributed by atoms with Gasteiger partial charge >= 0.3 is 0 Å². The Morgan fingerprint density at radius 3 is 2.66 bits per heavy atom. The van der Waals surface area contributed by atoms with Crippen LogP contribution in [0.4, 0.5) is 20.4 Å². The third-order valence-corrected chi connectivity index (χ3v) is 7.96. The molecule has 0 saturated heterocycles. The topological polar surface area (TPSA) is 156 Å². The van der Waals surface area contributed by atoms with E-state index in [2.05, 4.69) is 27.2 Å². The molecule has 1 saturated carbocycles. The van der Waals surface area contributed by atoms with Crippen molar-refractivity contribution >= 4 is 33.3 Å². The molecule has 3 aromatic rings. The van der Waals surface area contributed by atoms with Crippen LogP contribution >= 0.6 is 0 Å². The highest BCUT2D eigenvalue weighted by Gasteiger charge is 2.36. The van der Waals surface area contributed by atoms with Crippen LogP contribution in [0.3, 0.4) is 0 Å². The van der Waals surface area contributed by atoms with Gasteiger partial charge in [0.15, 0.2) is 0 Å². The molecule has 1 fully saturated rings. The largest absolute Gasteiger partial charge is 0.497 e. The van der Waals surface area contributed by atoms with Crippen molar-refractivity contribution in [1.29, 1.82) is 5.41 Å². The standard InChI is InChI=1S/C28H34F2N6O4S/c1-16-10-17(11-24(32)27(16)40-8-9-41(3,37)38)20-6-7-33-15-25(20)36-28-34-14-18(35-28)4-5-23(31)26-21(29)12-19(39-2)13-22(26)30/h4-7,12-17,24,27,31H,8-11,32H2,1-3H3,(H2,34,35,36)/b5-4-,31-23?/t16-,17+,24+,27-/m0/s1. The summed E-state index contributed by atoms with van der Waals surface area (Å²) in [5.74, 6) is -1.15.